The van der Waals surface area contributed by atoms with Crippen molar-refractivity contribution in [3.63, 3.8) is 0 Å². The lowest BCUT2D eigenvalue weighted by molar-refractivity contribution is 0.0988. The molecule has 0 saturated carbocycles. The Morgan fingerprint density at radius 2 is 2.12 bits per heavy atom. The number of rotatable bonds is 4. The van der Waals surface area contributed by atoms with Gasteiger partial charge in [0.1, 0.15) is 0 Å². The minimum absolute atomic E-state index is 0. The second-order valence-electron chi connectivity index (χ2n) is 4.53. The van der Waals surface area contributed by atoms with E-state index in [0.29, 0.717) is 32.2 Å². The Kier molecular flexibility index (Phi) is 6.16. The lowest BCUT2D eigenvalue weighted by Crippen LogP contribution is -2.44. The average molecular weight is 285 g/mol. The summed E-state index contributed by atoms with van der Waals surface area (Å²) in [5.41, 5.74) is 0. The van der Waals surface area contributed by atoms with E-state index in [-0.39, 0.29) is 17.7 Å². The third kappa shape index (κ3) is 4.37. The number of hydrogen-bond acceptors (Lipinski definition) is 4. The lowest BCUT2D eigenvalue weighted by atomic mass is 10.2. The molecule has 2 aliphatic rings. The first kappa shape index (κ1) is 15.2. The Morgan fingerprint density at radius 1 is 1.29 bits per heavy atom. The van der Waals surface area contributed by atoms with Crippen molar-refractivity contribution in [2.45, 2.75) is 37.0 Å². The molecule has 2 unspecified atom stereocenters. The quantitative estimate of drug-likeness (QED) is 0.777. The Labute approximate surface area is 109 Å². The SMILES string of the molecule is Cl.O=S(=O)(NCC1CCCN1)C1CCCOC1. The number of sulfonamides is 1. The van der Waals surface area contributed by atoms with Crippen molar-refractivity contribution in [3.8, 4) is 0 Å². The number of hydrogen-bond donors (Lipinski definition) is 2. The third-order valence-electron chi connectivity index (χ3n) is 3.25. The topological polar surface area (TPSA) is 67.4 Å². The minimum atomic E-state index is -3.19. The van der Waals surface area contributed by atoms with E-state index in [1.54, 1.807) is 0 Å². The van der Waals surface area contributed by atoms with Gasteiger partial charge in [0.05, 0.1) is 11.9 Å². The highest BCUT2D eigenvalue weighted by molar-refractivity contribution is 7.90. The van der Waals surface area contributed by atoms with Crippen molar-refractivity contribution in [2.75, 3.05) is 26.3 Å². The normalized spacial score (nSPS) is 29.9. The van der Waals surface area contributed by atoms with Crippen LogP contribution in [0.4, 0.5) is 0 Å². The molecule has 0 bridgehead atoms. The summed E-state index contributed by atoms with van der Waals surface area (Å²) in [6.07, 6.45) is 3.75. The predicted octanol–water partition coefficient (Wildman–Crippen LogP) is 0.259. The van der Waals surface area contributed by atoms with Crippen LogP contribution in [0, 0.1) is 0 Å². The maximum absolute atomic E-state index is 11.9. The van der Waals surface area contributed by atoms with E-state index >= 15 is 0 Å². The Morgan fingerprint density at radius 3 is 2.71 bits per heavy atom. The van der Waals surface area contributed by atoms with Gasteiger partial charge in [-0.05, 0) is 32.2 Å². The summed E-state index contributed by atoms with van der Waals surface area (Å²) in [6.45, 7) is 2.54. The van der Waals surface area contributed by atoms with Crippen molar-refractivity contribution in [3.05, 3.63) is 0 Å². The van der Waals surface area contributed by atoms with E-state index in [4.69, 9.17) is 4.74 Å². The predicted molar refractivity (Wildman–Crippen MR) is 69.0 cm³/mol. The fourth-order valence-electron chi connectivity index (χ4n) is 2.22. The monoisotopic (exact) mass is 284 g/mol. The maximum atomic E-state index is 11.9. The Bertz CT molecular complexity index is 312. The largest absolute Gasteiger partial charge is 0.380 e. The molecular weight excluding hydrogens is 264 g/mol. The fraction of sp³-hybridized carbons (Fsp3) is 1.00. The summed E-state index contributed by atoms with van der Waals surface area (Å²) in [4.78, 5) is 0. The van der Waals surface area contributed by atoms with Gasteiger partial charge in [-0.2, -0.15) is 0 Å². The standard InChI is InChI=1S/C10H20N2O3S.ClH/c13-16(14,10-4-2-6-15-8-10)12-7-9-3-1-5-11-9;/h9-12H,1-8H2;1H. The molecule has 2 fully saturated rings. The van der Waals surface area contributed by atoms with Gasteiger partial charge in [0.15, 0.2) is 0 Å². The van der Waals surface area contributed by atoms with Gasteiger partial charge in [0, 0.05) is 19.2 Å². The van der Waals surface area contributed by atoms with Crippen LogP contribution >= 0.6 is 12.4 Å². The molecule has 2 N–H and O–H groups in total. The molecule has 0 spiro atoms. The van der Waals surface area contributed by atoms with Gasteiger partial charge >= 0.3 is 0 Å². The summed E-state index contributed by atoms with van der Waals surface area (Å²) in [5.74, 6) is 0. The van der Waals surface area contributed by atoms with Crippen molar-refractivity contribution < 1.29 is 13.2 Å². The van der Waals surface area contributed by atoms with E-state index in [1.165, 1.54) is 0 Å². The second-order valence-corrected chi connectivity index (χ2v) is 6.57. The Balaban J connectivity index is 0.00000144. The maximum Gasteiger partial charge on any atom is 0.216 e. The van der Waals surface area contributed by atoms with Crippen LogP contribution in [0.3, 0.4) is 0 Å². The van der Waals surface area contributed by atoms with E-state index < -0.39 is 10.0 Å². The van der Waals surface area contributed by atoms with Crippen LogP contribution in [0.15, 0.2) is 0 Å². The summed E-state index contributed by atoms with van der Waals surface area (Å²) in [5, 5.41) is 2.92. The van der Waals surface area contributed by atoms with Gasteiger partial charge in [-0.3, -0.25) is 0 Å². The molecule has 2 saturated heterocycles. The van der Waals surface area contributed by atoms with Gasteiger partial charge in [-0.25, -0.2) is 13.1 Å². The molecule has 2 aliphatic heterocycles. The summed E-state index contributed by atoms with van der Waals surface area (Å²) >= 11 is 0. The van der Waals surface area contributed by atoms with Crippen molar-refractivity contribution in [2.24, 2.45) is 0 Å². The molecule has 102 valence electrons. The van der Waals surface area contributed by atoms with Crippen LogP contribution in [-0.4, -0.2) is 46.0 Å². The fourth-order valence-corrected chi connectivity index (χ4v) is 3.64. The molecule has 0 amide bonds. The number of halogens is 1. The summed E-state index contributed by atoms with van der Waals surface area (Å²) < 4.78 is 31.8. The van der Waals surface area contributed by atoms with Crippen LogP contribution in [0.25, 0.3) is 0 Å². The van der Waals surface area contributed by atoms with E-state index in [2.05, 4.69) is 10.0 Å². The molecule has 0 aromatic rings. The van der Waals surface area contributed by atoms with Crippen molar-refractivity contribution in [1.29, 1.82) is 0 Å². The van der Waals surface area contributed by atoms with E-state index in [1.807, 2.05) is 0 Å². The molecule has 0 aliphatic carbocycles. The average Bonchev–Trinajstić information content (AvgIpc) is 2.81. The minimum Gasteiger partial charge on any atom is -0.380 e. The van der Waals surface area contributed by atoms with Crippen LogP contribution in [-0.2, 0) is 14.8 Å². The highest BCUT2D eigenvalue weighted by Gasteiger charge is 2.28. The first-order chi connectivity index (χ1) is 7.68. The Hall–Kier alpha value is 0.120. The van der Waals surface area contributed by atoms with Crippen LogP contribution in [0.1, 0.15) is 25.7 Å². The molecular formula is C10H21ClN2O3S. The highest BCUT2D eigenvalue weighted by Crippen LogP contribution is 2.14. The molecule has 0 aromatic heterocycles. The van der Waals surface area contributed by atoms with Gasteiger partial charge in [0.25, 0.3) is 0 Å². The zero-order valence-corrected chi connectivity index (χ0v) is 11.5. The smallest absolute Gasteiger partial charge is 0.216 e. The first-order valence-electron chi connectivity index (χ1n) is 5.98. The zero-order chi connectivity index (χ0) is 11.4. The van der Waals surface area contributed by atoms with Gasteiger partial charge in [0.2, 0.25) is 10.0 Å². The summed E-state index contributed by atoms with van der Waals surface area (Å²) in [7, 11) is -3.19. The number of nitrogens with one attached hydrogen (secondary N) is 2. The molecule has 7 heteroatoms. The van der Waals surface area contributed by atoms with Gasteiger partial charge in [-0.15, -0.1) is 12.4 Å². The summed E-state index contributed by atoms with van der Waals surface area (Å²) in [6, 6.07) is 0.305. The van der Waals surface area contributed by atoms with Crippen LogP contribution in [0.5, 0.6) is 0 Å². The van der Waals surface area contributed by atoms with Gasteiger partial charge in [-0.1, -0.05) is 0 Å². The second kappa shape index (κ2) is 6.89. The van der Waals surface area contributed by atoms with E-state index in [0.717, 1.165) is 25.8 Å². The van der Waals surface area contributed by atoms with Crippen LogP contribution in [0.2, 0.25) is 0 Å². The molecule has 5 nitrogen and oxygen atoms in total. The van der Waals surface area contributed by atoms with Crippen molar-refractivity contribution >= 4 is 22.4 Å². The molecule has 0 aromatic carbocycles. The zero-order valence-electron chi connectivity index (χ0n) is 9.85. The van der Waals surface area contributed by atoms with E-state index in [9.17, 15) is 8.42 Å². The lowest BCUT2D eigenvalue weighted by Gasteiger charge is -2.23. The number of ether oxygens (including phenoxy) is 1. The first-order valence-corrected chi connectivity index (χ1v) is 7.53. The molecule has 2 atom stereocenters. The van der Waals surface area contributed by atoms with Crippen molar-refractivity contribution in [1.82, 2.24) is 10.0 Å². The third-order valence-corrected chi connectivity index (χ3v) is 5.07. The molecule has 2 rings (SSSR count). The molecule has 2 heterocycles. The van der Waals surface area contributed by atoms with Gasteiger partial charge < -0.3 is 10.1 Å². The van der Waals surface area contributed by atoms with Crippen LogP contribution < -0.4 is 10.0 Å². The molecule has 0 radical (unpaired) electrons. The highest BCUT2D eigenvalue weighted by atomic mass is 35.5. The molecule has 17 heavy (non-hydrogen) atoms.